The molecule has 0 radical (unpaired) electrons. The Kier molecular flexibility index (Phi) is 5.58. The zero-order chi connectivity index (χ0) is 18.4. The highest BCUT2D eigenvalue weighted by atomic mass is 35.5. The molecule has 0 spiro atoms. The maximum atomic E-state index is 13.0. The highest BCUT2D eigenvalue weighted by Gasteiger charge is 2.44. The fourth-order valence-corrected chi connectivity index (χ4v) is 4.64. The fourth-order valence-electron chi connectivity index (χ4n) is 4.64. The van der Waals surface area contributed by atoms with Gasteiger partial charge in [-0.25, -0.2) is 0 Å². The van der Waals surface area contributed by atoms with Crippen molar-refractivity contribution in [1.82, 2.24) is 15.5 Å². The van der Waals surface area contributed by atoms with Gasteiger partial charge in [0.15, 0.2) is 0 Å². The third kappa shape index (κ3) is 3.48. The number of piperidine rings is 1. The zero-order valence-electron chi connectivity index (χ0n) is 15.6. The van der Waals surface area contributed by atoms with E-state index in [9.17, 15) is 14.4 Å². The molecule has 3 amide bonds. The number of fused-ring (bicyclic) bond motifs is 3. The third-order valence-electron chi connectivity index (χ3n) is 5.82. The number of imide groups is 1. The SMILES string of the molecule is CC(C)C(C(=O)NC1CC2CCC(C1)N2)N1C(=O)c2ccccc2C1=O.Cl. The van der Waals surface area contributed by atoms with Gasteiger partial charge < -0.3 is 10.6 Å². The molecule has 2 N–H and O–H groups in total. The molecule has 0 aliphatic carbocycles. The molecular weight excluding hydrogens is 366 g/mol. The summed E-state index contributed by atoms with van der Waals surface area (Å²) >= 11 is 0. The van der Waals surface area contributed by atoms with E-state index in [1.165, 1.54) is 0 Å². The van der Waals surface area contributed by atoms with E-state index in [2.05, 4.69) is 10.6 Å². The van der Waals surface area contributed by atoms with E-state index in [0.29, 0.717) is 23.2 Å². The average Bonchev–Trinajstić information content (AvgIpc) is 3.07. The Bertz CT molecular complexity index is 720. The van der Waals surface area contributed by atoms with Gasteiger partial charge in [0.25, 0.3) is 11.8 Å². The van der Waals surface area contributed by atoms with Crippen LogP contribution < -0.4 is 10.6 Å². The van der Waals surface area contributed by atoms with Crippen molar-refractivity contribution < 1.29 is 14.4 Å². The number of amides is 3. The minimum atomic E-state index is -0.782. The predicted octanol–water partition coefficient (Wildman–Crippen LogP) is 2.13. The largest absolute Gasteiger partial charge is 0.351 e. The van der Waals surface area contributed by atoms with Gasteiger partial charge >= 0.3 is 0 Å². The van der Waals surface area contributed by atoms with Crippen molar-refractivity contribution in [2.45, 2.75) is 63.7 Å². The van der Waals surface area contributed by atoms with Crippen LogP contribution in [0.15, 0.2) is 24.3 Å². The van der Waals surface area contributed by atoms with Crippen molar-refractivity contribution in [1.29, 1.82) is 0 Å². The van der Waals surface area contributed by atoms with Gasteiger partial charge in [0.1, 0.15) is 6.04 Å². The summed E-state index contributed by atoms with van der Waals surface area (Å²) in [5.74, 6) is -1.12. The highest BCUT2D eigenvalue weighted by Crippen LogP contribution is 2.29. The summed E-state index contributed by atoms with van der Waals surface area (Å²) in [6, 6.07) is 7.04. The first-order valence-electron chi connectivity index (χ1n) is 9.49. The van der Waals surface area contributed by atoms with Gasteiger partial charge in [-0.3, -0.25) is 19.3 Å². The van der Waals surface area contributed by atoms with Gasteiger partial charge in [0.05, 0.1) is 11.1 Å². The van der Waals surface area contributed by atoms with Crippen molar-refractivity contribution in [3.8, 4) is 0 Å². The summed E-state index contributed by atoms with van der Waals surface area (Å²) in [6.07, 6.45) is 4.14. The Hall–Kier alpha value is -1.92. The first-order chi connectivity index (χ1) is 12.5. The summed E-state index contributed by atoms with van der Waals surface area (Å²) in [4.78, 5) is 39.7. The summed E-state index contributed by atoms with van der Waals surface area (Å²) < 4.78 is 0. The lowest BCUT2D eigenvalue weighted by Crippen LogP contribution is -2.56. The summed E-state index contributed by atoms with van der Waals surface area (Å²) in [5, 5.41) is 6.68. The highest BCUT2D eigenvalue weighted by molar-refractivity contribution is 6.22. The molecule has 1 aromatic carbocycles. The van der Waals surface area contributed by atoms with Crippen LogP contribution in [0.4, 0.5) is 0 Å². The van der Waals surface area contributed by atoms with E-state index in [0.717, 1.165) is 30.6 Å². The quantitative estimate of drug-likeness (QED) is 0.771. The molecule has 3 aliphatic rings. The molecule has 4 rings (SSSR count). The minimum absolute atomic E-state index is 0. The molecule has 6 nitrogen and oxygen atoms in total. The van der Waals surface area contributed by atoms with Crippen LogP contribution in [0.25, 0.3) is 0 Å². The van der Waals surface area contributed by atoms with Crippen LogP contribution in [0.2, 0.25) is 0 Å². The number of nitrogens with zero attached hydrogens (tertiary/aromatic N) is 1. The maximum Gasteiger partial charge on any atom is 0.262 e. The van der Waals surface area contributed by atoms with Gasteiger partial charge in [-0.05, 0) is 43.7 Å². The van der Waals surface area contributed by atoms with Crippen molar-refractivity contribution >= 4 is 30.1 Å². The van der Waals surface area contributed by atoms with Crippen LogP contribution in [0.3, 0.4) is 0 Å². The van der Waals surface area contributed by atoms with Crippen molar-refractivity contribution in [3.05, 3.63) is 35.4 Å². The average molecular weight is 392 g/mol. The fraction of sp³-hybridized carbons (Fsp3) is 0.550. The lowest BCUT2D eigenvalue weighted by atomic mass is 9.97. The number of carbonyl (C=O) groups is 3. The predicted molar refractivity (Wildman–Crippen MR) is 104 cm³/mol. The van der Waals surface area contributed by atoms with Gasteiger partial charge in [-0.15, -0.1) is 12.4 Å². The van der Waals surface area contributed by atoms with Crippen LogP contribution >= 0.6 is 12.4 Å². The van der Waals surface area contributed by atoms with E-state index < -0.39 is 6.04 Å². The first-order valence-corrected chi connectivity index (χ1v) is 9.49. The molecule has 146 valence electrons. The number of rotatable bonds is 4. The van der Waals surface area contributed by atoms with E-state index in [1.807, 2.05) is 13.8 Å². The molecule has 7 heteroatoms. The first kappa shape index (κ1) is 19.8. The van der Waals surface area contributed by atoms with Gasteiger partial charge in [0.2, 0.25) is 5.91 Å². The summed E-state index contributed by atoms with van der Waals surface area (Å²) in [6.45, 7) is 3.75. The second kappa shape index (κ2) is 7.60. The normalized spacial score (nSPS) is 27.4. The Morgan fingerprint density at radius 1 is 1.07 bits per heavy atom. The van der Waals surface area contributed by atoms with Crippen LogP contribution in [0.1, 0.15) is 60.2 Å². The molecule has 0 aromatic heterocycles. The van der Waals surface area contributed by atoms with E-state index >= 15 is 0 Å². The van der Waals surface area contributed by atoms with E-state index in [4.69, 9.17) is 0 Å². The number of hydrogen-bond donors (Lipinski definition) is 2. The molecule has 3 unspecified atom stereocenters. The summed E-state index contributed by atoms with van der Waals surface area (Å²) in [7, 11) is 0. The standard InChI is InChI=1S/C20H25N3O3.ClH/c1-11(2)17(18(24)22-14-9-12-7-8-13(10-14)21-12)23-19(25)15-5-3-4-6-16(15)20(23)26;/h3-6,11-14,17,21H,7-10H2,1-2H3,(H,22,24);1H. The smallest absolute Gasteiger partial charge is 0.262 e. The monoisotopic (exact) mass is 391 g/mol. The van der Waals surface area contributed by atoms with Gasteiger partial charge in [-0.2, -0.15) is 0 Å². The Morgan fingerprint density at radius 3 is 2.07 bits per heavy atom. The summed E-state index contributed by atoms with van der Waals surface area (Å²) in [5.41, 5.74) is 0.770. The lowest BCUT2D eigenvalue weighted by Gasteiger charge is -2.33. The van der Waals surface area contributed by atoms with Crippen LogP contribution in [0.5, 0.6) is 0 Å². The van der Waals surface area contributed by atoms with Crippen LogP contribution in [-0.4, -0.2) is 46.8 Å². The van der Waals surface area contributed by atoms with Crippen molar-refractivity contribution in [2.75, 3.05) is 0 Å². The second-order valence-electron chi connectivity index (χ2n) is 8.03. The molecule has 3 atom stereocenters. The van der Waals surface area contributed by atoms with Crippen LogP contribution in [-0.2, 0) is 4.79 Å². The van der Waals surface area contributed by atoms with E-state index in [1.54, 1.807) is 24.3 Å². The zero-order valence-corrected chi connectivity index (χ0v) is 16.4. The molecule has 0 saturated carbocycles. The van der Waals surface area contributed by atoms with Gasteiger partial charge in [-0.1, -0.05) is 26.0 Å². The lowest BCUT2D eigenvalue weighted by molar-refractivity contribution is -0.127. The minimum Gasteiger partial charge on any atom is -0.351 e. The number of hydrogen-bond acceptors (Lipinski definition) is 4. The maximum absolute atomic E-state index is 13.0. The number of carbonyl (C=O) groups excluding carboxylic acids is 3. The van der Waals surface area contributed by atoms with Crippen LogP contribution in [0, 0.1) is 5.92 Å². The Balaban J connectivity index is 0.00000210. The molecular formula is C20H26ClN3O3. The Morgan fingerprint density at radius 2 is 1.59 bits per heavy atom. The molecule has 3 heterocycles. The Labute approximate surface area is 165 Å². The van der Waals surface area contributed by atoms with Crippen molar-refractivity contribution in [3.63, 3.8) is 0 Å². The number of nitrogens with one attached hydrogen (secondary N) is 2. The molecule has 3 aliphatic heterocycles. The topological polar surface area (TPSA) is 78.5 Å². The van der Waals surface area contributed by atoms with Gasteiger partial charge in [0, 0.05) is 18.1 Å². The number of benzene rings is 1. The number of halogens is 1. The molecule has 2 saturated heterocycles. The molecule has 2 fully saturated rings. The molecule has 1 aromatic rings. The third-order valence-corrected chi connectivity index (χ3v) is 5.82. The van der Waals surface area contributed by atoms with Crippen molar-refractivity contribution in [2.24, 2.45) is 5.92 Å². The second-order valence-corrected chi connectivity index (χ2v) is 8.03. The molecule has 27 heavy (non-hydrogen) atoms. The van der Waals surface area contributed by atoms with E-state index in [-0.39, 0.29) is 42.1 Å². The molecule has 2 bridgehead atoms.